The van der Waals surface area contributed by atoms with E-state index < -0.39 is 76.3 Å². The molecule has 0 atom stereocenters. The molecule has 0 bridgehead atoms. The topological polar surface area (TPSA) is 29.5 Å². The molecule has 0 aliphatic heterocycles. The first-order valence-electron chi connectivity index (χ1n) is 8.47. The quantitative estimate of drug-likeness (QED) is 0.159. The molecule has 0 fully saturated rings. The van der Waals surface area contributed by atoms with Gasteiger partial charge in [0.2, 0.25) is 9.04 Å². The van der Waals surface area contributed by atoms with Crippen LogP contribution in [-0.4, -0.2) is 74.7 Å². The molecule has 0 saturated carbocycles. The molecule has 0 aromatic carbocycles. The molecule has 0 unspecified atom stereocenters. The third-order valence-electron chi connectivity index (χ3n) is 4.17. The van der Waals surface area contributed by atoms with E-state index in [0.29, 0.717) is 0 Å². The van der Waals surface area contributed by atoms with Crippen molar-refractivity contribution < 1.29 is 84.2 Å². The van der Waals surface area contributed by atoms with Crippen molar-refractivity contribution in [3.63, 3.8) is 0 Å². The van der Waals surface area contributed by atoms with Crippen LogP contribution in [0.2, 0.25) is 12.6 Å². The first kappa shape index (κ1) is 32.9. The van der Waals surface area contributed by atoms with Gasteiger partial charge in [-0.05, 0) is 19.0 Å². The molecule has 0 amide bonds. The Balaban J connectivity index is 6.02. The lowest BCUT2D eigenvalue weighted by atomic mass is 9.88. The minimum Gasteiger partial charge on any atom is -0.432 e. The Bertz CT molecular complexity index is 674. The van der Waals surface area contributed by atoms with Crippen molar-refractivity contribution in [1.29, 1.82) is 0 Å². The number of rotatable bonds is 13. The summed E-state index contributed by atoms with van der Waals surface area (Å²) in [7, 11) is -1.84. The lowest BCUT2D eigenvalue weighted by Gasteiger charge is -2.42. The molecule has 0 aliphatic carbocycles. The standard InChI is InChI=1S/C14H14F17O2Si/c1-34(32)6-2-4-33-5-3-7(15,16)8(17,18)9(19,20)10(21,22)11(23,24)12(25,26)13(27,28)14(29,30)31/h32H,2-6H2,1H3. The Morgan fingerprint density at radius 3 is 1.26 bits per heavy atom. The van der Waals surface area contributed by atoms with Gasteiger partial charge in [-0.25, -0.2) is 0 Å². The molecular formula is C14H14F17O2Si. The second-order valence-electron chi connectivity index (χ2n) is 6.85. The van der Waals surface area contributed by atoms with Crippen molar-refractivity contribution in [2.24, 2.45) is 0 Å². The smallest absolute Gasteiger partial charge is 0.432 e. The van der Waals surface area contributed by atoms with Gasteiger partial charge in [0, 0.05) is 13.0 Å². The fourth-order valence-electron chi connectivity index (χ4n) is 2.09. The van der Waals surface area contributed by atoms with Crippen LogP contribution in [0, 0.1) is 0 Å². The summed E-state index contributed by atoms with van der Waals surface area (Å²) in [5.41, 5.74) is 0. The normalized spacial score (nSPS) is 15.9. The third kappa shape index (κ3) is 5.36. The van der Waals surface area contributed by atoms with Gasteiger partial charge in [0.05, 0.1) is 6.61 Å². The van der Waals surface area contributed by atoms with E-state index in [4.69, 9.17) is 4.80 Å². The van der Waals surface area contributed by atoms with E-state index in [-0.39, 0.29) is 12.5 Å². The van der Waals surface area contributed by atoms with Crippen LogP contribution in [0.15, 0.2) is 0 Å². The lowest BCUT2D eigenvalue weighted by Crippen LogP contribution is -2.74. The molecule has 0 aromatic heterocycles. The molecule has 0 heterocycles. The van der Waals surface area contributed by atoms with Crippen molar-refractivity contribution in [3.8, 4) is 0 Å². The van der Waals surface area contributed by atoms with Gasteiger partial charge >= 0.3 is 47.6 Å². The van der Waals surface area contributed by atoms with Crippen molar-refractivity contribution in [3.05, 3.63) is 0 Å². The third-order valence-corrected chi connectivity index (χ3v) is 5.25. The highest BCUT2D eigenvalue weighted by Gasteiger charge is 2.95. The van der Waals surface area contributed by atoms with Gasteiger partial charge in [-0.15, -0.1) is 0 Å². The van der Waals surface area contributed by atoms with E-state index >= 15 is 0 Å². The monoisotopic (exact) mass is 565 g/mol. The Kier molecular flexibility index (Phi) is 9.47. The summed E-state index contributed by atoms with van der Waals surface area (Å²) < 4.78 is 226. The molecule has 0 saturated heterocycles. The first-order valence-corrected chi connectivity index (χ1v) is 10.6. The van der Waals surface area contributed by atoms with E-state index in [2.05, 4.69) is 4.74 Å². The van der Waals surface area contributed by atoms with Crippen molar-refractivity contribution >= 4 is 9.04 Å². The molecule has 20 heteroatoms. The minimum atomic E-state index is -8.62. The van der Waals surface area contributed by atoms with E-state index in [1.54, 1.807) is 0 Å². The fourth-order valence-corrected chi connectivity index (χ4v) is 2.74. The van der Waals surface area contributed by atoms with Crippen LogP contribution in [0.1, 0.15) is 12.8 Å². The van der Waals surface area contributed by atoms with E-state index in [9.17, 15) is 74.6 Å². The number of ether oxygens (including phenoxy) is 1. The zero-order valence-electron chi connectivity index (χ0n) is 16.3. The summed E-state index contributed by atoms with van der Waals surface area (Å²) in [6.07, 6.45) is -10.5. The molecule has 2 nitrogen and oxygen atoms in total. The summed E-state index contributed by atoms with van der Waals surface area (Å²) in [6, 6.07) is 0.0629. The average Bonchev–Trinajstić information content (AvgIpc) is 2.62. The van der Waals surface area contributed by atoms with Crippen LogP contribution in [-0.2, 0) is 4.74 Å². The summed E-state index contributed by atoms with van der Waals surface area (Å²) in [6.45, 7) is -0.834. The largest absolute Gasteiger partial charge is 0.460 e. The lowest BCUT2D eigenvalue weighted by molar-refractivity contribution is -0.462. The maximum atomic E-state index is 13.6. The minimum absolute atomic E-state index is 0.0629. The van der Waals surface area contributed by atoms with E-state index in [0.717, 1.165) is 0 Å². The molecule has 0 aliphatic rings. The first-order chi connectivity index (χ1) is 14.7. The van der Waals surface area contributed by atoms with E-state index in [1.807, 2.05) is 0 Å². The highest BCUT2D eigenvalue weighted by molar-refractivity contribution is 6.48. The maximum Gasteiger partial charge on any atom is 0.460 e. The zero-order valence-corrected chi connectivity index (χ0v) is 17.3. The molecule has 34 heavy (non-hydrogen) atoms. The van der Waals surface area contributed by atoms with Gasteiger partial charge in [-0.1, -0.05) is 0 Å². The summed E-state index contributed by atoms with van der Waals surface area (Å²) in [5, 5.41) is 0. The zero-order chi connectivity index (χ0) is 27.8. The van der Waals surface area contributed by atoms with Crippen LogP contribution < -0.4 is 0 Å². The number of alkyl halides is 17. The molecule has 0 rings (SSSR count). The Morgan fingerprint density at radius 1 is 0.559 bits per heavy atom. The van der Waals surface area contributed by atoms with Crippen LogP contribution in [0.5, 0.6) is 0 Å². The average molecular weight is 565 g/mol. The highest BCUT2D eigenvalue weighted by Crippen LogP contribution is 2.64. The summed E-state index contributed by atoms with van der Waals surface area (Å²) in [5.74, 6) is -56.3. The Morgan fingerprint density at radius 2 is 0.912 bits per heavy atom. The van der Waals surface area contributed by atoms with Crippen molar-refractivity contribution in [2.75, 3.05) is 13.2 Å². The number of hydrogen-bond acceptors (Lipinski definition) is 2. The number of halogens is 17. The predicted molar refractivity (Wildman–Crippen MR) is 79.4 cm³/mol. The van der Waals surface area contributed by atoms with Gasteiger partial charge in [0.15, 0.2) is 0 Å². The van der Waals surface area contributed by atoms with Gasteiger partial charge < -0.3 is 9.53 Å². The molecule has 205 valence electrons. The molecular weight excluding hydrogens is 551 g/mol. The molecule has 1 N–H and O–H groups in total. The summed E-state index contributed by atoms with van der Waals surface area (Å²) in [4.78, 5) is 8.98. The second-order valence-corrected chi connectivity index (χ2v) is 8.82. The number of hydrogen-bond donors (Lipinski definition) is 1. The molecule has 1 radical (unpaired) electrons. The predicted octanol–water partition coefficient (Wildman–Crippen LogP) is 6.41. The van der Waals surface area contributed by atoms with Gasteiger partial charge in [0.25, 0.3) is 0 Å². The van der Waals surface area contributed by atoms with Crippen LogP contribution in [0.4, 0.5) is 74.6 Å². The maximum absolute atomic E-state index is 13.6. The van der Waals surface area contributed by atoms with Gasteiger partial charge in [-0.3, -0.25) is 0 Å². The van der Waals surface area contributed by atoms with Crippen LogP contribution >= 0.6 is 0 Å². The Labute approximate surface area is 180 Å². The van der Waals surface area contributed by atoms with Gasteiger partial charge in [0.1, 0.15) is 0 Å². The van der Waals surface area contributed by atoms with Crippen LogP contribution in [0.3, 0.4) is 0 Å². The summed E-state index contributed by atoms with van der Waals surface area (Å²) >= 11 is 0. The second kappa shape index (κ2) is 9.77. The molecule has 0 spiro atoms. The van der Waals surface area contributed by atoms with Crippen molar-refractivity contribution in [1.82, 2.24) is 0 Å². The van der Waals surface area contributed by atoms with Gasteiger partial charge in [-0.2, -0.15) is 74.6 Å². The van der Waals surface area contributed by atoms with Crippen LogP contribution in [0.25, 0.3) is 0 Å². The fraction of sp³-hybridized carbons (Fsp3) is 1.00. The Hall–Kier alpha value is -1.05. The highest BCUT2D eigenvalue weighted by atomic mass is 28.3. The molecule has 0 aromatic rings. The SMILES string of the molecule is C[Si](O)CCCOCCC(F)(F)C(F)(F)C(F)(F)C(F)(F)C(F)(F)C(F)(F)C(F)(F)C(F)(F)F. The van der Waals surface area contributed by atoms with E-state index in [1.165, 1.54) is 6.55 Å². The van der Waals surface area contributed by atoms with Crippen molar-refractivity contribution in [2.45, 2.75) is 73.1 Å².